The number of halogens is 3. The van der Waals surface area contributed by atoms with E-state index < -0.39 is 17.8 Å². The van der Waals surface area contributed by atoms with Crippen LogP contribution in [0.4, 0.5) is 13.2 Å². The predicted molar refractivity (Wildman–Crippen MR) is 99.9 cm³/mol. The highest BCUT2D eigenvalue weighted by molar-refractivity contribution is 5.86. The van der Waals surface area contributed by atoms with E-state index in [4.69, 9.17) is 4.74 Å². The van der Waals surface area contributed by atoms with E-state index in [0.717, 1.165) is 31.2 Å². The van der Waals surface area contributed by atoms with Crippen molar-refractivity contribution in [2.75, 3.05) is 0 Å². The van der Waals surface area contributed by atoms with E-state index in [1.165, 1.54) is 12.1 Å². The molecule has 0 radical (unpaired) electrons. The number of hydrogen-bond donors (Lipinski definition) is 0. The maximum Gasteiger partial charge on any atom is 0.400 e. The summed E-state index contributed by atoms with van der Waals surface area (Å²) < 4.78 is 48.4. The lowest BCUT2D eigenvalue weighted by Crippen LogP contribution is -2.37. The van der Waals surface area contributed by atoms with Crippen molar-refractivity contribution in [2.45, 2.75) is 51.6 Å². The molecule has 4 heteroatoms. The van der Waals surface area contributed by atoms with Crippen molar-refractivity contribution in [1.82, 2.24) is 0 Å². The Morgan fingerprint density at radius 3 is 2.50 bits per heavy atom. The maximum absolute atomic E-state index is 14.6. The van der Waals surface area contributed by atoms with Gasteiger partial charge in [0.1, 0.15) is 0 Å². The minimum atomic E-state index is -3.35. The molecule has 0 amide bonds. The van der Waals surface area contributed by atoms with Crippen LogP contribution >= 0.6 is 0 Å². The molecule has 0 bridgehead atoms. The smallest absolute Gasteiger partial charge is 0.400 e. The van der Waals surface area contributed by atoms with E-state index >= 15 is 0 Å². The molecule has 0 spiro atoms. The van der Waals surface area contributed by atoms with Crippen LogP contribution in [0.25, 0.3) is 16.8 Å². The lowest BCUT2D eigenvalue weighted by molar-refractivity contribution is -0.224. The Morgan fingerprint density at radius 2 is 1.85 bits per heavy atom. The Labute approximate surface area is 152 Å². The Balaban J connectivity index is 1.76. The summed E-state index contributed by atoms with van der Waals surface area (Å²) in [5.41, 5.74) is 0.847. The Morgan fingerprint density at radius 1 is 1.12 bits per heavy atom. The fraction of sp³-hybridized carbons (Fsp3) is 0.455. The van der Waals surface area contributed by atoms with Crippen molar-refractivity contribution in [3.63, 3.8) is 0 Å². The summed E-state index contributed by atoms with van der Waals surface area (Å²) in [4.78, 5) is 0. The average Bonchev–Trinajstić information content (AvgIpc) is 2.62. The summed E-state index contributed by atoms with van der Waals surface area (Å²) in [7, 11) is 0. The third-order valence-electron chi connectivity index (χ3n) is 5.42. The van der Waals surface area contributed by atoms with E-state index in [0.29, 0.717) is 29.5 Å². The Bertz CT molecular complexity index is 776. The number of alkyl halides is 2. The molecule has 0 saturated heterocycles. The van der Waals surface area contributed by atoms with Gasteiger partial charge in [-0.15, -0.1) is 0 Å². The van der Waals surface area contributed by atoms with Crippen molar-refractivity contribution in [1.29, 1.82) is 0 Å². The third-order valence-corrected chi connectivity index (χ3v) is 5.42. The SMILES string of the molecule is C=Cc1ccc2cc(OC(F)(F)C3CCC(CCC)CC3)c(F)cc2c1. The maximum atomic E-state index is 14.6. The molecule has 1 aliphatic rings. The largest absolute Gasteiger partial charge is 0.429 e. The normalized spacial score (nSPS) is 20.9. The van der Waals surface area contributed by atoms with Crippen molar-refractivity contribution in [3.05, 3.63) is 48.3 Å². The molecule has 140 valence electrons. The summed E-state index contributed by atoms with van der Waals surface area (Å²) >= 11 is 0. The second-order valence-corrected chi connectivity index (χ2v) is 7.26. The Hall–Kier alpha value is -1.97. The fourth-order valence-electron chi connectivity index (χ4n) is 3.90. The van der Waals surface area contributed by atoms with Crippen LogP contribution in [0.5, 0.6) is 5.75 Å². The highest BCUT2D eigenvalue weighted by atomic mass is 19.3. The van der Waals surface area contributed by atoms with Crippen LogP contribution in [0.1, 0.15) is 51.0 Å². The summed E-state index contributed by atoms with van der Waals surface area (Å²) in [5, 5.41) is 1.30. The quantitative estimate of drug-likeness (QED) is 0.528. The Kier molecular flexibility index (Phi) is 5.59. The highest BCUT2D eigenvalue weighted by Crippen LogP contribution is 2.42. The summed E-state index contributed by atoms with van der Waals surface area (Å²) in [5.74, 6) is -1.47. The average molecular weight is 362 g/mol. The highest BCUT2D eigenvalue weighted by Gasteiger charge is 2.44. The van der Waals surface area contributed by atoms with Gasteiger partial charge in [0.15, 0.2) is 11.6 Å². The van der Waals surface area contributed by atoms with Gasteiger partial charge in [-0.3, -0.25) is 0 Å². The van der Waals surface area contributed by atoms with Crippen LogP contribution in [0.2, 0.25) is 0 Å². The van der Waals surface area contributed by atoms with Crippen LogP contribution < -0.4 is 4.74 Å². The number of ether oxygens (including phenoxy) is 1. The van der Waals surface area contributed by atoms with Gasteiger partial charge in [-0.05, 0) is 66.1 Å². The van der Waals surface area contributed by atoms with Gasteiger partial charge in [-0.2, -0.15) is 8.78 Å². The molecule has 0 aliphatic heterocycles. The molecule has 0 aromatic heterocycles. The monoisotopic (exact) mass is 362 g/mol. The van der Waals surface area contributed by atoms with Gasteiger partial charge in [0.2, 0.25) is 0 Å². The lowest BCUT2D eigenvalue weighted by Gasteiger charge is -2.33. The zero-order valence-electron chi connectivity index (χ0n) is 15.1. The first-order chi connectivity index (χ1) is 12.4. The van der Waals surface area contributed by atoms with Crippen LogP contribution in [0.15, 0.2) is 36.9 Å². The zero-order chi connectivity index (χ0) is 18.7. The van der Waals surface area contributed by atoms with Crippen LogP contribution in [0.3, 0.4) is 0 Å². The molecule has 26 heavy (non-hydrogen) atoms. The van der Waals surface area contributed by atoms with E-state index in [2.05, 4.69) is 13.5 Å². The second-order valence-electron chi connectivity index (χ2n) is 7.26. The van der Waals surface area contributed by atoms with Crippen molar-refractivity contribution in [2.24, 2.45) is 11.8 Å². The zero-order valence-corrected chi connectivity index (χ0v) is 15.1. The van der Waals surface area contributed by atoms with Crippen molar-refractivity contribution >= 4 is 16.8 Å². The number of fused-ring (bicyclic) bond motifs is 1. The van der Waals surface area contributed by atoms with Crippen LogP contribution in [0, 0.1) is 17.7 Å². The topological polar surface area (TPSA) is 9.23 Å². The standard InChI is InChI=1S/C22H25F3O/c1-3-5-16-7-10-19(11-8-16)22(24,25)26-21-14-17-9-6-15(4-2)12-18(17)13-20(21)23/h4,6,9,12-14,16,19H,2-3,5,7-8,10-11H2,1H3. The van der Waals surface area contributed by atoms with Gasteiger partial charge in [-0.25, -0.2) is 4.39 Å². The third kappa shape index (κ3) is 4.05. The van der Waals surface area contributed by atoms with Crippen molar-refractivity contribution < 1.29 is 17.9 Å². The minimum absolute atomic E-state index is 0.385. The first-order valence-electron chi connectivity index (χ1n) is 9.35. The van der Waals surface area contributed by atoms with Gasteiger partial charge in [0, 0.05) is 0 Å². The summed E-state index contributed by atoms with van der Waals surface area (Å²) in [6.45, 7) is 5.79. The van der Waals surface area contributed by atoms with Gasteiger partial charge >= 0.3 is 6.11 Å². The van der Waals surface area contributed by atoms with Gasteiger partial charge in [0.05, 0.1) is 5.92 Å². The predicted octanol–water partition coefficient (Wildman–Crippen LogP) is 7.20. The molecular weight excluding hydrogens is 337 g/mol. The van der Waals surface area contributed by atoms with E-state index in [1.54, 1.807) is 18.2 Å². The fourth-order valence-corrected chi connectivity index (χ4v) is 3.90. The molecule has 0 unspecified atom stereocenters. The molecule has 2 aromatic rings. The molecule has 1 fully saturated rings. The number of hydrogen-bond acceptors (Lipinski definition) is 1. The van der Waals surface area contributed by atoms with Gasteiger partial charge in [0.25, 0.3) is 0 Å². The second kappa shape index (κ2) is 7.73. The van der Waals surface area contributed by atoms with Crippen LogP contribution in [-0.4, -0.2) is 6.11 Å². The molecule has 2 aromatic carbocycles. The molecule has 0 N–H and O–H groups in total. The number of benzene rings is 2. The molecular formula is C22H25F3O. The van der Waals surface area contributed by atoms with E-state index in [9.17, 15) is 13.2 Å². The van der Waals surface area contributed by atoms with Gasteiger partial charge < -0.3 is 4.74 Å². The van der Waals surface area contributed by atoms with E-state index in [-0.39, 0.29) is 5.75 Å². The molecule has 3 rings (SSSR count). The molecule has 1 saturated carbocycles. The van der Waals surface area contributed by atoms with Gasteiger partial charge in [-0.1, -0.05) is 44.6 Å². The summed E-state index contributed by atoms with van der Waals surface area (Å²) in [6.07, 6.45) is 2.91. The minimum Gasteiger partial charge on any atom is -0.429 e. The molecule has 1 aliphatic carbocycles. The lowest BCUT2D eigenvalue weighted by atomic mass is 9.79. The van der Waals surface area contributed by atoms with Crippen molar-refractivity contribution in [3.8, 4) is 5.75 Å². The first kappa shape index (κ1) is 18.8. The molecule has 0 heterocycles. The summed E-state index contributed by atoms with van der Waals surface area (Å²) in [6, 6.07) is 7.93. The molecule has 0 atom stereocenters. The molecule has 1 nitrogen and oxygen atoms in total. The number of rotatable bonds is 6. The first-order valence-corrected chi connectivity index (χ1v) is 9.35. The van der Waals surface area contributed by atoms with E-state index in [1.807, 2.05) is 6.07 Å². The van der Waals surface area contributed by atoms with Crippen LogP contribution in [-0.2, 0) is 0 Å².